The lowest BCUT2D eigenvalue weighted by atomic mass is 9.93. The minimum Gasteiger partial charge on any atom is -0.241 e. The highest BCUT2D eigenvalue weighted by Crippen LogP contribution is 2.30. The highest BCUT2D eigenvalue weighted by Gasteiger charge is 2.10. The van der Waals surface area contributed by atoms with Gasteiger partial charge in [0.15, 0.2) is 0 Å². The second-order valence-corrected chi connectivity index (χ2v) is 4.93. The molecule has 2 nitrogen and oxygen atoms in total. The summed E-state index contributed by atoms with van der Waals surface area (Å²) in [4.78, 5) is 8.77. The zero-order valence-corrected chi connectivity index (χ0v) is 12.1. The van der Waals surface area contributed by atoms with Crippen molar-refractivity contribution in [2.45, 2.75) is 34.1 Å². The average Bonchev–Trinajstić information content (AvgIpc) is 2.38. The van der Waals surface area contributed by atoms with Crippen molar-refractivity contribution in [1.82, 2.24) is 9.97 Å². The maximum atomic E-state index is 4.45. The number of aromatic nitrogens is 2. The number of rotatable bonds is 3. The molecule has 0 radical (unpaired) electrons. The maximum absolute atomic E-state index is 4.45. The van der Waals surface area contributed by atoms with Gasteiger partial charge < -0.3 is 0 Å². The highest BCUT2D eigenvalue weighted by atomic mass is 14.9. The Labute approximate surface area is 115 Å². The van der Waals surface area contributed by atoms with Crippen molar-refractivity contribution in [3.8, 4) is 11.1 Å². The molecule has 0 aliphatic rings. The van der Waals surface area contributed by atoms with Crippen LogP contribution in [0.1, 0.15) is 36.5 Å². The first kappa shape index (κ1) is 13.5. The molecule has 0 aliphatic heterocycles. The summed E-state index contributed by atoms with van der Waals surface area (Å²) in [6, 6.07) is 6.54. The van der Waals surface area contributed by atoms with Gasteiger partial charge in [-0.3, -0.25) is 0 Å². The largest absolute Gasteiger partial charge is 0.241 e. The second kappa shape index (κ2) is 5.35. The van der Waals surface area contributed by atoms with E-state index >= 15 is 0 Å². The van der Waals surface area contributed by atoms with Crippen LogP contribution in [0.3, 0.4) is 0 Å². The van der Waals surface area contributed by atoms with Crippen molar-refractivity contribution >= 4 is 5.57 Å². The third kappa shape index (κ3) is 2.73. The molecule has 0 saturated carbocycles. The van der Waals surface area contributed by atoms with E-state index in [0.29, 0.717) is 0 Å². The Morgan fingerprint density at radius 1 is 1.21 bits per heavy atom. The molecule has 1 aromatic heterocycles. The first-order valence-electron chi connectivity index (χ1n) is 6.62. The fraction of sp³-hybridized carbons (Fsp3) is 0.294. The Bertz CT molecular complexity index is 627. The Morgan fingerprint density at radius 3 is 2.53 bits per heavy atom. The minimum absolute atomic E-state index is 0.809. The summed E-state index contributed by atoms with van der Waals surface area (Å²) in [7, 11) is 0. The van der Waals surface area contributed by atoms with Gasteiger partial charge in [0, 0.05) is 17.5 Å². The Balaban J connectivity index is 2.64. The van der Waals surface area contributed by atoms with Crippen molar-refractivity contribution in [3.05, 3.63) is 53.6 Å². The standard InChI is InChI=1S/C17H20N2/c1-6-14-7-8-15(16(9-14)11(2)3)17-10-18-13(5)19-12(17)4/h7-10H,2,6H2,1,3-5H3. The van der Waals surface area contributed by atoms with Gasteiger partial charge in [-0.2, -0.15) is 0 Å². The molecule has 1 heterocycles. The quantitative estimate of drug-likeness (QED) is 0.811. The van der Waals surface area contributed by atoms with E-state index in [9.17, 15) is 0 Å². The van der Waals surface area contributed by atoms with Crippen LogP contribution in [0.2, 0.25) is 0 Å². The predicted molar refractivity (Wildman–Crippen MR) is 81.0 cm³/mol. The van der Waals surface area contributed by atoms with E-state index in [1.165, 1.54) is 16.7 Å². The fourth-order valence-electron chi connectivity index (χ4n) is 2.25. The lowest BCUT2D eigenvalue weighted by Crippen LogP contribution is -1.97. The summed E-state index contributed by atoms with van der Waals surface area (Å²) in [5.41, 5.74) is 6.86. The molecule has 0 saturated heterocycles. The van der Waals surface area contributed by atoms with Crippen LogP contribution in [0.4, 0.5) is 0 Å². The molecular formula is C17H20N2. The van der Waals surface area contributed by atoms with Crippen LogP contribution < -0.4 is 0 Å². The molecular weight excluding hydrogens is 232 g/mol. The van der Waals surface area contributed by atoms with Gasteiger partial charge in [-0.25, -0.2) is 9.97 Å². The molecule has 98 valence electrons. The second-order valence-electron chi connectivity index (χ2n) is 4.93. The molecule has 0 amide bonds. The van der Waals surface area contributed by atoms with Gasteiger partial charge in [0.1, 0.15) is 5.82 Å². The zero-order chi connectivity index (χ0) is 14.0. The van der Waals surface area contributed by atoms with Crippen LogP contribution in [-0.4, -0.2) is 9.97 Å². The van der Waals surface area contributed by atoms with Gasteiger partial charge in [0.2, 0.25) is 0 Å². The van der Waals surface area contributed by atoms with E-state index in [4.69, 9.17) is 0 Å². The molecule has 0 bridgehead atoms. The third-order valence-corrected chi connectivity index (χ3v) is 3.34. The van der Waals surface area contributed by atoms with Crippen LogP contribution in [0.15, 0.2) is 31.0 Å². The lowest BCUT2D eigenvalue weighted by molar-refractivity contribution is 1.01. The van der Waals surface area contributed by atoms with Crippen LogP contribution in [-0.2, 0) is 6.42 Å². The van der Waals surface area contributed by atoms with Crippen LogP contribution in [0.5, 0.6) is 0 Å². The molecule has 2 aromatic rings. The molecule has 0 fully saturated rings. The number of hydrogen-bond donors (Lipinski definition) is 0. The number of hydrogen-bond acceptors (Lipinski definition) is 2. The lowest BCUT2D eigenvalue weighted by Gasteiger charge is -2.13. The van der Waals surface area contributed by atoms with Crippen molar-refractivity contribution in [1.29, 1.82) is 0 Å². The molecule has 2 heteroatoms. The van der Waals surface area contributed by atoms with Crippen molar-refractivity contribution in [3.63, 3.8) is 0 Å². The number of aryl methyl sites for hydroxylation is 3. The van der Waals surface area contributed by atoms with E-state index in [2.05, 4.69) is 41.7 Å². The van der Waals surface area contributed by atoms with Gasteiger partial charge in [0.25, 0.3) is 0 Å². The summed E-state index contributed by atoms with van der Waals surface area (Å²) in [6.07, 6.45) is 2.94. The monoisotopic (exact) mass is 252 g/mol. The normalized spacial score (nSPS) is 10.5. The van der Waals surface area contributed by atoms with Crippen LogP contribution in [0.25, 0.3) is 16.7 Å². The van der Waals surface area contributed by atoms with Gasteiger partial charge >= 0.3 is 0 Å². The zero-order valence-electron chi connectivity index (χ0n) is 12.1. The SMILES string of the molecule is C=C(C)c1cc(CC)ccc1-c1cnc(C)nc1C. The molecule has 0 aliphatic carbocycles. The summed E-state index contributed by atoms with van der Waals surface area (Å²) in [5.74, 6) is 0.809. The summed E-state index contributed by atoms with van der Waals surface area (Å²) in [6.45, 7) is 12.2. The van der Waals surface area contributed by atoms with E-state index in [1.807, 2.05) is 27.0 Å². The third-order valence-electron chi connectivity index (χ3n) is 3.34. The first-order valence-corrected chi connectivity index (χ1v) is 6.62. The van der Waals surface area contributed by atoms with E-state index in [1.54, 1.807) is 0 Å². The topological polar surface area (TPSA) is 25.8 Å². The Hall–Kier alpha value is -1.96. The summed E-state index contributed by atoms with van der Waals surface area (Å²) >= 11 is 0. The van der Waals surface area contributed by atoms with Crippen molar-refractivity contribution in [2.24, 2.45) is 0 Å². The van der Waals surface area contributed by atoms with Gasteiger partial charge in [0.05, 0.1) is 0 Å². The van der Waals surface area contributed by atoms with Gasteiger partial charge in [-0.1, -0.05) is 37.3 Å². The number of benzene rings is 1. The highest BCUT2D eigenvalue weighted by molar-refractivity contribution is 5.80. The molecule has 0 unspecified atom stereocenters. The van der Waals surface area contributed by atoms with Crippen molar-refractivity contribution < 1.29 is 0 Å². The Morgan fingerprint density at radius 2 is 1.95 bits per heavy atom. The fourth-order valence-corrected chi connectivity index (χ4v) is 2.25. The molecule has 2 rings (SSSR count). The molecule has 19 heavy (non-hydrogen) atoms. The Kier molecular flexibility index (Phi) is 3.79. The van der Waals surface area contributed by atoms with Crippen LogP contribution >= 0.6 is 0 Å². The number of allylic oxidation sites excluding steroid dienone is 1. The van der Waals surface area contributed by atoms with Gasteiger partial charge in [-0.05, 0) is 43.9 Å². The smallest absolute Gasteiger partial charge is 0.125 e. The first-order chi connectivity index (χ1) is 9.02. The number of nitrogens with zero attached hydrogens (tertiary/aromatic N) is 2. The average molecular weight is 252 g/mol. The van der Waals surface area contributed by atoms with Crippen LogP contribution in [0, 0.1) is 13.8 Å². The molecule has 0 N–H and O–H groups in total. The van der Waals surface area contributed by atoms with Gasteiger partial charge in [-0.15, -0.1) is 0 Å². The molecule has 0 spiro atoms. The summed E-state index contributed by atoms with van der Waals surface area (Å²) < 4.78 is 0. The van der Waals surface area contributed by atoms with Crippen molar-refractivity contribution in [2.75, 3.05) is 0 Å². The predicted octanol–water partition coefficient (Wildman–Crippen LogP) is 4.36. The summed E-state index contributed by atoms with van der Waals surface area (Å²) in [5, 5.41) is 0. The van der Waals surface area contributed by atoms with E-state index in [-0.39, 0.29) is 0 Å². The molecule has 1 aromatic carbocycles. The van der Waals surface area contributed by atoms with E-state index in [0.717, 1.165) is 29.1 Å². The maximum Gasteiger partial charge on any atom is 0.125 e. The molecule has 0 atom stereocenters. The minimum atomic E-state index is 0.809. The van der Waals surface area contributed by atoms with E-state index < -0.39 is 0 Å².